The highest BCUT2D eigenvalue weighted by molar-refractivity contribution is 9.10. The van der Waals surface area contributed by atoms with E-state index in [1.807, 2.05) is 0 Å². The molecule has 2 rings (SSSR count). The molecule has 0 spiro atoms. The standard InChI is InChI=1S/C17H18BrFN2O4/c1-9-13(10(2)25-21-9)5-7-16(22)24-11(3)17(23)20-15-6-4-12(18)8-14(15)19/h4,6,8,11H,5,7H2,1-3H3,(H,20,23)/t11-/m0/s1. The molecule has 0 aliphatic carbocycles. The van der Waals surface area contributed by atoms with Crippen LogP contribution in [0.25, 0.3) is 0 Å². The quantitative estimate of drug-likeness (QED) is 0.731. The minimum Gasteiger partial charge on any atom is -0.453 e. The molecule has 2 aromatic rings. The molecule has 0 fully saturated rings. The van der Waals surface area contributed by atoms with Gasteiger partial charge in [0.15, 0.2) is 6.10 Å². The van der Waals surface area contributed by atoms with E-state index >= 15 is 0 Å². The summed E-state index contributed by atoms with van der Waals surface area (Å²) in [7, 11) is 0. The predicted octanol–water partition coefficient (Wildman–Crippen LogP) is 3.70. The average molecular weight is 413 g/mol. The number of nitrogens with zero attached hydrogens (tertiary/aromatic N) is 1. The van der Waals surface area contributed by atoms with Gasteiger partial charge >= 0.3 is 5.97 Å². The van der Waals surface area contributed by atoms with E-state index in [2.05, 4.69) is 26.4 Å². The fraction of sp³-hybridized carbons (Fsp3) is 0.353. The third-order valence-corrected chi connectivity index (χ3v) is 4.12. The number of rotatable bonds is 6. The van der Waals surface area contributed by atoms with Gasteiger partial charge in [-0.15, -0.1) is 0 Å². The first-order valence-corrected chi connectivity index (χ1v) is 8.44. The van der Waals surface area contributed by atoms with Crippen LogP contribution in [0.5, 0.6) is 0 Å². The Kier molecular flexibility index (Phi) is 6.30. The van der Waals surface area contributed by atoms with Crippen molar-refractivity contribution in [2.75, 3.05) is 5.32 Å². The summed E-state index contributed by atoms with van der Waals surface area (Å²) in [6.07, 6.45) is -0.539. The number of aromatic nitrogens is 1. The van der Waals surface area contributed by atoms with E-state index in [-0.39, 0.29) is 12.1 Å². The minimum atomic E-state index is -1.04. The minimum absolute atomic E-state index is 0.0202. The molecule has 1 amide bonds. The molecular formula is C17H18BrFN2O4. The van der Waals surface area contributed by atoms with Gasteiger partial charge in [-0.2, -0.15) is 0 Å². The summed E-state index contributed by atoms with van der Waals surface area (Å²) in [5, 5.41) is 6.21. The van der Waals surface area contributed by atoms with Gasteiger partial charge in [0.1, 0.15) is 11.6 Å². The van der Waals surface area contributed by atoms with Gasteiger partial charge in [0.25, 0.3) is 5.91 Å². The molecule has 25 heavy (non-hydrogen) atoms. The fourth-order valence-electron chi connectivity index (χ4n) is 2.22. The lowest BCUT2D eigenvalue weighted by Gasteiger charge is -2.14. The van der Waals surface area contributed by atoms with E-state index in [4.69, 9.17) is 9.26 Å². The second-order valence-electron chi connectivity index (χ2n) is 5.55. The Morgan fingerprint density at radius 2 is 2.12 bits per heavy atom. The van der Waals surface area contributed by atoms with Gasteiger partial charge in [0.05, 0.1) is 11.4 Å². The maximum atomic E-state index is 13.7. The lowest BCUT2D eigenvalue weighted by atomic mass is 10.1. The van der Waals surface area contributed by atoms with Gasteiger partial charge in [0.2, 0.25) is 0 Å². The third kappa shape index (κ3) is 5.12. The van der Waals surface area contributed by atoms with Crippen LogP contribution in [0.1, 0.15) is 30.4 Å². The second kappa shape index (κ2) is 8.24. The van der Waals surface area contributed by atoms with Crippen LogP contribution >= 0.6 is 15.9 Å². The number of hydrogen-bond acceptors (Lipinski definition) is 5. The van der Waals surface area contributed by atoms with Crippen molar-refractivity contribution in [1.29, 1.82) is 0 Å². The molecule has 0 saturated carbocycles. The highest BCUT2D eigenvalue weighted by Gasteiger charge is 2.20. The van der Waals surface area contributed by atoms with E-state index in [0.29, 0.717) is 16.7 Å². The summed E-state index contributed by atoms with van der Waals surface area (Å²) in [4.78, 5) is 23.9. The van der Waals surface area contributed by atoms with Crippen LogP contribution in [0.2, 0.25) is 0 Å². The summed E-state index contributed by atoms with van der Waals surface area (Å²) in [5.41, 5.74) is 1.60. The first kappa shape index (κ1) is 19.1. The van der Waals surface area contributed by atoms with Crippen LogP contribution in [-0.2, 0) is 20.7 Å². The van der Waals surface area contributed by atoms with Gasteiger partial charge < -0.3 is 14.6 Å². The van der Waals surface area contributed by atoms with Gasteiger partial charge in [0, 0.05) is 16.5 Å². The summed E-state index contributed by atoms with van der Waals surface area (Å²) in [5.74, 6) is -1.06. The van der Waals surface area contributed by atoms with Crippen molar-refractivity contribution in [2.45, 2.75) is 39.7 Å². The summed E-state index contributed by atoms with van der Waals surface area (Å²) in [6, 6.07) is 4.25. The van der Waals surface area contributed by atoms with Crippen molar-refractivity contribution in [3.05, 3.63) is 45.5 Å². The molecule has 134 valence electrons. The maximum Gasteiger partial charge on any atom is 0.306 e. The van der Waals surface area contributed by atoms with E-state index < -0.39 is 23.8 Å². The van der Waals surface area contributed by atoms with Crippen molar-refractivity contribution in [1.82, 2.24) is 5.16 Å². The molecule has 0 radical (unpaired) electrons. The number of carbonyl (C=O) groups excluding carboxylic acids is 2. The Bertz CT molecular complexity index is 771. The molecule has 6 nitrogen and oxygen atoms in total. The molecule has 1 N–H and O–H groups in total. The second-order valence-corrected chi connectivity index (χ2v) is 6.46. The van der Waals surface area contributed by atoms with Crippen molar-refractivity contribution in [3.63, 3.8) is 0 Å². The number of esters is 1. The van der Waals surface area contributed by atoms with Crippen LogP contribution in [0.3, 0.4) is 0 Å². The normalized spacial score (nSPS) is 11.9. The Morgan fingerprint density at radius 1 is 1.40 bits per heavy atom. The van der Waals surface area contributed by atoms with Gasteiger partial charge in [-0.1, -0.05) is 21.1 Å². The molecule has 0 saturated heterocycles. The van der Waals surface area contributed by atoms with Crippen molar-refractivity contribution in [3.8, 4) is 0 Å². The smallest absolute Gasteiger partial charge is 0.306 e. The number of ether oxygens (including phenoxy) is 1. The Morgan fingerprint density at radius 3 is 2.72 bits per heavy atom. The number of hydrogen-bond donors (Lipinski definition) is 1. The molecule has 0 aliphatic rings. The largest absolute Gasteiger partial charge is 0.453 e. The summed E-state index contributed by atoms with van der Waals surface area (Å²) >= 11 is 3.13. The SMILES string of the molecule is Cc1noc(C)c1CCC(=O)O[C@@H](C)C(=O)Nc1ccc(Br)cc1F. The third-order valence-electron chi connectivity index (χ3n) is 3.63. The van der Waals surface area contributed by atoms with Crippen molar-refractivity contribution >= 4 is 33.5 Å². The summed E-state index contributed by atoms with van der Waals surface area (Å²) in [6.45, 7) is 4.99. The first-order valence-electron chi connectivity index (χ1n) is 7.65. The first-order chi connectivity index (χ1) is 11.8. The molecule has 1 heterocycles. The fourth-order valence-corrected chi connectivity index (χ4v) is 2.55. The highest BCUT2D eigenvalue weighted by Crippen LogP contribution is 2.20. The molecule has 0 bridgehead atoms. The Hall–Kier alpha value is -2.22. The zero-order valence-corrected chi connectivity index (χ0v) is 15.6. The lowest BCUT2D eigenvalue weighted by molar-refractivity contribution is -0.153. The van der Waals surface area contributed by atoms with E-state index in [9.17, 15) is 14.0 Å². The summed E-state index contributed by atoms with van der Waals surface area (Å²) < 4.78 is 24.4. The van der Waals surface area contributed by atoms with Crippen LogP contribution in [0, 0.1) is 19.7 Å². The molecule has 1 aromatic heterocycles. The van der Waals surface area contributed by atoms with Crippen molar-refractivity contribution < 1.29 is 23.2 Å². The van der Waals surface area contributed by atoms with Crippen molar-refractivity contribution in [2.24, 2.45) is 0 Å². The Labute approximate surface area is 152 Å². The van der Waals surface area contributed by atoms with Crippen LogP contribution in [0.15, 0.2) is 27.2 Å². The number of benzene rings is 1. The van der Waals surface area contributed by atoms with E-state index in [0.717, 1.165) is 11.3 Å². The number of amides is 1. The Balaban J connectivity index is 1.86. The van der Waals surface area contributed by atoms with Gasteiger partial charge in [-0.25, -0.2) is 4.39 Å². The lowest BCUT2D eigenvalue weighted by Crippen LogP contribution is -2.30. The topological polar surface area (TPSA) is 81.4 Å². The molecular weight excluding hydrogens is 395 g/mol. The number of halogens is 2. The van der Waals surface area contributed by atoms with Gasteiger partial charge in [-0.05, 0) is 45.4 Å². The maximum absolute atomic E-state index is 13.7. The van der Waals surface area contributed by atoms with Gasteiger partial charge in [-0.3, -0.25) is 9.59 Å². The molecule has 1 aromatic carbocycles. The predicted molar refractivity (Wildman–Crippen MR) is 92.6 cm³/mol. The zero-order valence-electron chi connectivity index (χ0n) is 14.1. The number of aryl methyl sites for hydroxylation is 2. The molecule has 8 heteroatoms. The molecule has 0 aliphatic heterocycles. The molecule has 1 atom stereocenters. The number of anilines is 1. The van der Waals surface area contributed by atoms with Crippen LogP contribution in [-0.4, -0.2) is 23.1 Å². The average Bonchev–Trinajstić information content (AvgIpc) is 2.86. The zero-order chi connectivity index (χ0) is 18.6. The highest BCUT2D eigenvalue weighted by atomic mass is 79.9. The number of carbonyl (C=O) groups is 2. The monoisotopic (exact) mass is 412 g/mol. The van der Waals surface area contributed by atoms with E-state index in [1.165, 1.54) is 19.1 Å². The van der Waals surface area contributed by atoms with Crippen LogP contribution in [0.4, 0.5) is 10.1 Å². The molecule has 0 unspecified atom stereocenters. The van der Waals surface area contributed by atoms with Crippen LogP contribution < -0.4 is 5.32 Å². The van der Waals surface area contributed by atoms with E-state index in [1.54, 1.807) is 19.9 Å². The number of nitrogens with one attached hydrogen (secondary N) is 1.